The summed E-state index contributed by atoms with van der Waals surface area (Å²) in [4.78, 5) is 20.9. The number of methoxy groups -OCH3 is 1. The first-order valence-corrected chi connectivity index (χ1v) is 7.95. The van der Waals surface area contributed by atoms with Crippen LogP contribution >= 0.6 is 11.3 Å². The summed E-state index contributed by atoms with van der Waals surface area (Å²) in [6.07, 6.45) is 0. The molecule has 2 fully saturated rings. The SMILES string of the molecule is COCc1csc(NC(=O)N2CCN3CCOCC3C2)n1. The Balaban J connectivity index is 1.55. The first kappa shape index (κ1) is 14.7. The van der Waals surface area contributed by atoms with Crippen molar-refractivity contribution in [2.24, 2.45) is 0 Å². The summed E-state index contributed by atoms with van der Waals surface area (Å²) in [6.45, 7) is 5.30. The molecule has 2 aliphatic heterocycles. The number of ether oxygens (including phenoxy) is 2. The molecule has 0 bridgehead atoms. The second-order valence-electron chi connectivity index (χ2n) is 5.22. The Morgan fingerprint density at radius 2 is 2.48 bits per heavy atom. The van der Waals surface area contributed by atoms with E-state index in [0.717, 1.165) is 31.9 Å². The molecule has 0 radical (unpaired) electrons. The first-order valence-electron chi connectivity index (χ1n) is 7.07. The topological polar surface area (TPSA) is 66.9 Å². The normalized spacial score (nSPS) is 22.9. The predicted octanol–water partition coefficient (Wildman–Crippen LogP) is 0.838. The Morgan fingerprint density at radius 1 is 1.57 bits per heavy atom. The van der Waals surface area contributed by atoms with E-state index in [4.69, 9.17) is 9.47 Å². The molecule has 2 saturated heterocycles. The van der Waals surface area contributed by atoms with Gasteiger partial charge in [0.25, 0.3) is 0 Å². The molecule has 1 unspecified atom stereocenters. The highest BCUT2D eigenvalue weighted by Gasteiger charge is 2.31. The molecule has 0 spiro atoms. The third-order valence-electron chi connectivity index (χ3n) is 3.78. The predicted molar refractivity (Wildman–Crippen MR) is 79.6 cm³/mol. The van der Waals surface area contributed by atoms with Crippen molar-refractivity contribution in [3.8, 4) is 0 Å². The Bertz CT molecular complexity index is 496. The zero-order chi connectivity index (χ0) is 14.7. The Hall–Kier alpha value is -1.22. The van der Waals surface area contributed by atoms with Gasteiger partial charge in [-0.05, 0) is 0 Å². The van der Waals surface area contributed by atoms with Crippen LogP contribution in [0.3, 0.4) is 0 Å². The number of carbonyl (C=O) groups excluding carboxylic acids is 1. The highest BCUT2D eigenvalue weighted by molar-refractivity contribution is 7.13. The summed E-state index contributed by atoms with van der Waals surface area (Å²) in [5.41, 5.74) is 0.836. The molecule has 3 rings (SSSR count). The Labute approximate surface area is 127 Å². The number of nitrogens with zero attached hydrogens (tertiary/aromatic N) is 3. The standard InChI is InChI=1S/C13H20N4O3S/c1-19-7-10-9-21-12(14-10)15-13(18)17-3-2-16-4-5-20-8-11(16)6-17/h9,11H,2-8H2,1H3,(H,14,15,18). The van der Waals surface area contributed by atoms with Crippen LogP contribution in [-0.2, 0) is 16.1 Å². The van der Waals surface area contributed by atoms with Crippen LogP contribution in [0.15, 0.2) is 5.38 Å². The van der Waals surface area contributed by atoms with Gasteiger partial charge in [0.15, 0.2) is 5.13 Å². The molecule has 21 heavy (non-hydrogen) atoms. The maximum absolute atomic E-state index is 12.3. The van der Waals surface area contributed by atoms with Gasteiger partial charge < -0.3 is 14.4 Å². The fourth-order valence-electron chi connectivity index (χ4n) is 2.68. The van der Waals surface area contributed by atoms with E-state index >= 15 is 0 Å². The molecule has 1 aromatic rings. The van der Waals surface area contributed by atoms with E-state index in [-0.39, 0.29) is 6.03 Å². The van der Waals surface area contributed by atoms with Crippen molar-refractivity contribution in [2.45, 2.75) is 12.6 Å². The largest absolute Gasteiger partial charge is 0.378 e. The van der Waals surface area contributed by atoms with Crippen LogP contribution in [0.1, 0.15) is 5.69 Å². The summed E-state index contributed by atoms with van der Waals surface area (Å²) < 4.78 is 10.5. The van der Waals surface area contributed by atoms with E-state index in [1.807, 2.05) is 10.3 Å². The molecular formula is C13H20N4O3S. The van der Waals surface area contributed by atoms with Gasteiger partial charge in [-0.15, -0.1) is 11.3 Å². The lowest BCUT2D eigenvalue weighted by atomic mass is 10.1. The summed E-state index contributed by atoms with van der Waals surface area (Å²) in [5, 5.41) is 5.38. The number of morpholine rings is 1. The lowest BCUT2D eigenvalue weighted by Gasteiger charge is -2.43. The number of anilines is 1. The van der Waals surface area contributed by atoms with Crippen LogP contribution in [0, 0.1) is 0 Å². The van der Waals surface area contributed by atoms with Crippen LogP contribution in [0.5, 0.6) is 0 Å². The zero-order valence-electron chi connectivity index (χ0n) is 12.1. The van der Waals surface area contributed by atoms with Gasteiger partial charge in [-0.1, -0.05) is 0 Å². The van der Waals surface area contributed by atoms with Crippen molar-refractivity contribution in [2.75, 3.05) is 51.8 Å². The number of fused-ring (bicyclic) bond motifs is 1. The van der Waals surface area contributed by atoms with Gasteiger partial charge in [-0.25, -0.2) is 9.78 Å². The molecule has 1 N–H and O–H groups in total. The molecule has 116 valence electrons. The quantitative estimate of drug-likeness (QED) is 0.896. The van der Waals surface area contributed by atoms with Crippen molar-refractivity contribution < 1.29 is 14.3 Å². The van der Waals surface area contributed by atoms with Crippen molar-refractivity contribution >= 4 is 22.5 Å². The van der Waals surface area contributed by atoms with E-state index in [1.165, 1.54) is 11.3 Å². The summed E-state index contributed by atoms with van der Waals surface area (Å²) in [5.74, 6) is 0. The van der Waals surface area contributed by atoms with Gasteiger partial charge in [-0.3, -0.25) is 10.2 Å². The lowest BCUT2D eigenvalue weighted by Crippen LogP contribution is -2.59. The first-order chi connectivity index (χ1) is 10.3. The molecule has 1 atom stereocenters. The van der Waals surface area contributed by atoms with Crippen molar-refractivity contribution in [3.05, 3.63) is 11.1 Å². The minimum absolute atomic E-state index is 0.0847. The highest BCUT2D eigenvalue weighted by Crippen LogP contribution is 2.18. The average molecular weight is 312 g/mol. The summed E-state index contributed by atoms with van der Waals surface area (Å²) >= 11 is 1.42. The van der Waals surface area contributed by atoms with E-state index in [9.17, 15) is 4.79 Å². The smallest absolute Gasteiger partial charge is 0.323 e. The number of amides is 2. The lowest BCUT2D eigenvalue weighted by molar-refractivity contribution is -0.0355. The Kier molecular flexibility index (Phi) is 4.69. The van der Waals surface area contributed by atoms with Gasteiger partial charge in [0.1, 0.15) is 0 Å². The maximum Gasteiger partial charge on any atom is 0.323 e. The second-order valence-corrected chi connectivity index (χ2v) is 6.08. The molecule has 8 heteroatoms. The van der Waals surface area contributed by atoms with Gasteiger partial charge >= 0.3 is 6.03 Å². The van der Waals surface area contributed by atoms with Gasteiger partial charge in [-0.2, -0.15) is 0 Å². The van der Waals surface area contributed by atoms with E-state index in [2.05, 4.69) is 15.2 Å². The molecule has 2 aliphatic rings. The molecule has 2 amide bonds. The van der Waals surface area contributed by atoms with Crippen molar-refractivity contribution in [1.82, 2.24) is 14.8 Å². The second kappa shape index (κ2) is 6.69. The number of hydrogen-bond acceptors (Lipinski definition) is 6. The molecular weight excluding hydrogens is 292 g/mol. The van der Waals surface area contributed by atoms with E-state index < -0.39 is 0 Å². The van der Waals surface area contributed by atoms with Gasteiger partial charge in [0, 0.05) is 38.7 Å². The number of nitrogens with one attached hydrogen (secondary N) is 1. The fourth-order valence-corrected chi connectivity index (χ4v) is 3.36. The highest BCUT2D eigenvalue weighted by atomic mass is 32.1. The number of thiazole rings is 1. The zero-order valence-corrected chi connectivity index (χ0v) is 12.9. The number of carbonyl (C=O) groups is 1. The van der Waals surface area contributed by atoms with Crippen LogP contribution in [0.2, 0.25) is 0 Å². The van der Waals surface area contributed by atoms with E-state index in [1.54, 1.807) is 7.11 Å². The van der Waals surface area contributed by atoms with Crippen LogP contribution in [-0.4, -0.2) is 73.4 Å². The Morgan fingerprint density at radius 3 is 3.33 bits per heavy atom. The third kappa shape index (κ3) is 3.52. The molecule has 3 heterocycles. The number of piperazine rings is 1. The number of hydrogen-bond donors (Lipinski definition) is 1. The summed E-state index contributed by atoms with van der Waals surface area (Å²) in [7, 11) is 1.63. The summed E-state index contributed by atoms with van der Waals surface area (Å²) in [6, 6.07) is 0.233. The van der Waals surface area contributed by atoms with Gasteiger partial charge in [0.2, 0.25) is 0 Å². The molecule has 7 nitrogen and oxygen atoms in total. The molecule has 0 aromatic carbocycles. The molecule has 0 saturated carbocycles. The van der Waals surface area contributed by atoms with E-state index in [0.29, 0.717) is 30.9 Å². The fraction of sp³-hybridized carbons (Fsp3) is 0.692. The van der Waals surface area contributed by atoms with Gasteiger partial charge in [0.05, 0.1) is 31.6 Å². The van der Waals surface area contributed by atoms with Crippen molar-refractivity contribution in [3.63, 3.8) is 0 Å². The average Bonchev–Trinajstić information content (AvgIpc) is 2.94. The minimum atomic E-state index is -0.0847. The maximum atomic E-state index is 12.3. The van der Waals surface area contributed by atoms with Crippen molar-refractivity contribution in [1.29, 1.82) is 0 Å². The third-order valence-corrected chi connectivity index (χ3v) is 4.59. The molecule has 1 aromatic heterocycles. The number of urea groups is 1. The van der Waals surface area contributed by atoms with Crippen LogP contribution < -0.4 is 5.32 Å². The van der Waals surface area contributed by atoms with Crippen LogP contribution in [0.4, 0.5) is 9.93 Å². The monoisotopic (exact) mass is 312 g/mol. The number of aromatic nitrogens is 1. The molecule has 0 aliphatic carbocycles. The van der Waals surface area contributed by atoms with Crippen LogP contribution in [0.25, 0.3) is 0 Å². The minimum Gasteiger partial charge on any atom is -0.378 e. The number of rotatable bonds is 3.